The maximum Gasteiger partial charge on any atom is 0.141 e. The smallest absolute Gasteiger partial charge is 0.141 e. The Morgan fingerprint density at radius 2 is 1.33 bits per heavy atom. The summed E-state index contributed by atoms with van der Waals surface area (Å²) >= 11 is 0. The Morgan fingerprint density at radius 3 is 2.02 bits per heavy atom. The van der Waals surface area contributed by atoms with Gasteiger partial charge in [-0.25, -0.2) is 19.9 Å². The minimum Gasteiger partial charge on any atom is -0.378 e. The van der Waals surface area contributed by atoms with Crippen LogP contribution in [0, 0.1) is 0 Å². The number of ether oxygens (including phenoxy) is 1. The Kier molecular flexibility index (Phi) is 7.75. The molecule has 42 heavy (non-hydrogen) atoms. The third-order valence-electron chi connectivity index (χ3n) is 8.25. The number of anilines is 4. The first-order valence-electron chi connectivity index (χ1n) is 15.0. The highest BCUT2D eigenvalue weighted by Gasteiger charge is 2.13. The summed E-state index contributed by atoms with van der Waals surface area (Å²) in [6.07, 6.45) is 7.01. The molecule has 5 aromatic rings. The van der Waals surface area contributed by atoms with Crippen molar-refractivity contribution in [1.29, 1.82) is 0 Å². The van der Waals surface area contributed by atoms with E-state index < -0.39 is 0 Å². The molecular formula is C33H36N8O. The largest absolute Gasteiger partial charge is 0.378 e. The maximum atomic E-state index is 5.49. The van der Waals surface area contributed by atoms with E-state index in [4.69, 9.17) is 4.74 Å². The van der Waals surface area contributed by atoms with Gasteiger partial charge in [0.2, 0.25) is 0 Å². The first-order chi connectivity index (χ1) is 20.8. The molecule has 0 unspecified atom stereocenters. The number of nitrogens with one attached hydrogen (secondary N) is 2. The highest BCUT2D eigenvalue weighted by molar-refractivity contribution is 5.96. The third kappa shape index (κ3) is 5.84. The van der Waals surface area contributed by atoms with Gasteiger partial charge in [-0.3, -0.25) is 0 Å². The number of rotatable bonds is 9. The van der Waals surface area contributed by atoms with Crippen molar-refractivity contribution in [3.05, 3.63) is 73.3 Å². The molecule has 2 fully saturated rings. The summed E-state index contributed by atoms with van der Waals surface area (Å²) in [6.45, 7) is 7.88. The Balaban J connectivity index is 1.12. The Bertz CT molecular complexity index is 1660. The van der Waals surface area contributed by atoms with Crippen molar-refractivity contribution in [1.82, 2.24) is 24.8 Å². The fourth-order valence-electron chi connectivity index (χ4n) is 5.94. The first kappa shape index (κ1) is 26.6. The zero-order chi connectivity index (χ0) is 28.1. The lowest BCUT2D eigenvalue weighted by molar-refractivity contribution is 0.122. The zero-order valence-corrected chi connectivity index (χ0v) is 23.8. The molecule has 9 nitrogen and oxygen atoms in total. The fraction of sp³-hybridized carbons (Fsp3) is 0.333. The molecule has 4 heterocycles. The molecule has 2 aromatic heterocycles. The van der Waals surface area contributed by atoms with E-state index in [0.717, 1.165) is 96.1 Å². The number of hydrogen-bond acceptors (Lipinski definition) is 9. The van der Waals surface area contributed by atoms with Crippen molar-refractivity contribution in [2.45, 2.75) is 19.3 Å². The fourth-order valence-corrected chi connectivity index (χ4v) is 5.94. The SMILES string of the molecule is c1nc(NCCCN2CCCC2)c2cc(-c3ccc4ncnc(Nc5ccc(N6CCOCC6)cc5)c4c3)ccc2n1. The van der Waals surface area contributed by atoms with Crippen LogP contribution in [-0.4, -0.2) is 77.3 Å². The predicted molar refractivity (Wildman–Crippen MR) is 170 cm³/mol. The molecule has 0 spiro atoms. The third-order valence-corrected chi connectivity index (χ3v) is 8.25. The second-order valence-corrected chi connectivity index (χ2v) is 11.0. The molecule has 0 saturated carbocycles. The zero-order valence-electron chi connectivity index (χ0n) is 23.8. The average molecular weight is 561 g/mol. The molecule has 2 aliphatic rings. The molecule has 2 aliphatic heterocycles. The van der Waals surface area contributed by atoms with Gasteiger partial charge >= 0.3 is 0 Å². The minimum absolute atomic E-state index is 0.774. The predicted octanol–water partition coefficient (Wildman–Crippen LogP) is 5.72. The molecule has 0 radical (unpaired) electrons. The van der Waals surface area contributed by atoms with Gasteiger partial charge in [0.15, 0.2) is 0 Å². The van der Waals surface area contributed by atoms with E-state index in [2.05, 4.69) is 101 Å². The monoisotopic (exact) mass is 560 g/mol. The number of nitrogens with zero attached hydrogens (tertiary/aromatic N) is 6. The van der Waals surface area contributed by atoms with Gasteiger partial charge in [-0.15, -0.1) is 0 Å². The van der Waals surface area contributed by atoms with Gasteiger partial charge in [0.1, 0.15) is 24.3 Å². The topological polar surface area (TPSA) is 91.3 Å². The lowest BCUT2D eigenvalue weighted by atomic mass is 10.0. The Hall–Kier alpha value is -4.34. The summed E-state index contributed by atoms with van der Waals surface area (Å²) in [5.41, 5.74) is 6.21. The highest BCUT2D eigenvalue weighted by Crippen LogP contribution is 2.32. The summed E-state index contributed by atoms with van der Waals surface area (Å²) < 4.78 is 5.49. The van der Waals surface area contributed by atoms with E-state index in [1.165, 1.54) is 31.6 Å². The second-order valence-electron chi connectivity index (χ2n) is 11.0. The van der Waals surface area contributed by atoms with Crippen LogP contribution in [0.5, 0.6) is 0 Å². The van der Waals surface area contributed by atoms with Gasteiger partial charge in [-0.05, 0) is 98.6 Å². The van der Waals surface area contributed by atoms with Gasteiger partial charge in [-0.1, -0.05) is 12.1 Å². The van der Waals surface area contributed by atoms with Crippen LogP contribution >= 0.6 is 0 Å². The summed E-state index contributed by atoms with van der Waals surface area (Å²) in [7, 11) is 0. The molecule has 0 atom stereocenters. The number of benzene rings is 3. The van der Waals surface area contributed by atoms with Gasteiger partial charge in [-0.2, -0.15) is 0 Å². The van der Waals surface area contributed by atoms with E-state index in [1.807, 2.05) is 0 Å². The molecule has 2 N–H and O–H groups in total. The number of fused-ring (bicyclic) bond motifs is 2. The van der Waals surface area contributed by atoms with E-state index in [-0.39, 0.29) is 0 Å². The maximum absolute atomic E-state index is 5.49. The van der Waals surface area contributed by atoms with Crippen LogP contribution < -0.4 is 15.5 Å². The molecule has 2 saturated heterocycles. The van der Waals surface area contributed by atoms with Crippen LogP contribution in [0.25, 0.3) is 32.9 Å². The standard InChI is InChI=1S/C33H36N8O/c1-2-14-40(13-1)15-3-12-34-32-28-20-24(4-10-30(28)35-22-37-32)25-5-11-31-29(21-25)33(38-23-36-31)39-26-6-8-27(9-7-26)41-16-18-42-19-17-41/h4-11,20-23H,1-3,12-19H2,(H,34,35,37)(H,36,38,39). The number of aromatic nitrogens is 4. The minimum atomic E-state index is 0.774. The van der Waals surface area contributed by atoms with Crippen LogP contribution in [0.3, 0.4) is 0 Å². The quantitative estimate of drug-likeness (QED) is 0.220. The van der Waals surface area contributed by atoms with Crippen molar-refractivity contribution >= 4 is 44.8 Å². The summed E-state index contributed by atoms with van der Waals surface area (Å²) in [6, 6.07) is 21.2. The molecule has 0 aliphatic carbocycles. The average Bonchev–Trinajstić information content (AvgIpc) is 3.57. The Labute approximate surface area is 246 Å². The van der Waals surface area contributed by atoms with E-state index in [0.29, 0.717) is 0 Å². The highest BCUT2D eigenvalue weighted by atomic mass is 16.5. The van der Waals surface area contributed by atoms with Crippen molar-refractivity contribution in [2.75, 3.05) is 68.0 Å². The van der Waals surface area contributed by atoms with E-state index in [1.54, 1.807) is 12.7 Å². The van der Waals surface area contributed by atoms with Crippen LogP contribution in [0.1, 0.15) is 19.3 Å². The number of likely N-dealkylation sites (tertiary alicyclic amines) is 1. The Morgan fingerprint density at radius 1 is 0.690 bits per heavy atom. The van der Waals surface area contributed by atoms with Gasteiger partial charge in [0, 0.05) is 41.8 Å². The van der Waals surface area contributed by atoms with Crippen molar-refractivity contribution in [3.8, 4) is 11.1 Å². The van der Waals surface area contributed by atoms with Gasteiger partial charge in [0.05, 0.1) is 24.2 Å². The lowest BCUT2D eigenvalue weighted by Gasteiger charge is -2.28. The van der Waals surface area contributed by atoms with Gasteiger partial charge in [0.25, 0.3) is 0 Å². The summed E-state index contributed by atoms with van der Waals surface area (Å²) in [4.78, 5) is 23.1. The molecule has 7 rings (SSSR count). The molecule has 0 amide bonds. The van der Waals surface area contributed by atoms with Crippen LogP contribution in [0.4, 0.5) is 23.0 Å². The number of morpholine rings is 1. The normalized spacial score (nSPS) is 15.9. The lowest BCUT2D eigenvalue weighted by Crippen LogP contribution is -2.36. The van der Waals surface area contributed by atoms with Crippen molar-refractivity contribution in [3.63, 3.8) is 0 Å². The van der Waals surface area contributed by atoms with E-state index in [9.17, 15) is 0 Å². The summed E-state index contributed by atoms with van der Waals surface area (Å²) in [5, 5.41) is 9.08. The van der Waals surface area contributed by atoms with E-state index >= 15 is 0 Å². The number of hydrogen-bond donors (Lipinski definition) is 2. The molecule has 0 bridgehead atoms. The van der Waals surface area contributed by atoms with Crippen molar-refractivity contribution in [2.24, 2.45) is 0 Å². The molecule has 214 valence electrons. The van der Waals surface area contributed by atoms with Gasteiger partial charge < -0.3 is 25.2 Å². The summed E-state index contributed by atoms with van der Waals surface area (Å²) in [5.74, 6) is 1.67. The second kappa shape index (κ2) is 12.3. The molecule has 9 heteroatoms. The van der Waals surface area contributed by atoms with Crippen LogP contribution in [0.2, 0.25) is 0 Å². The molecular weight excluding hydrogens is 524 g/mol. The molecule has 3 aromatic carbocycles. The van der Waals surface area contributed by atoms with Crippen LogP contribution in [-0.2, 0) is 4.74 Å². The van der Waals surface area contributed by atoms with Crippen LogP contribution in [0.15, 0.2) is 73.3 Å². The van der Waals surface area contributed by atoms with Crippen molar-refractivity contribution < 1.29 is 4.74 Å². The first-order valence-corrected chi connectivity index (χ1v) is 15.0.